The van der Waals surface area contributed by atoms with Crippen molar-refractivity contribution in [3.63, 3.8) is 0 Å². The first-order chi connectivity index (χ1) is 25.2. The molecule has 0 atom stereocenters. The van der Waals surface area contributed by atoms with Crippen LogP contribution in [0, 0.1) is 0 Å². The topological polar surface area (TPSA) is 80.3 Å². The summed E-state index contributed by atoms with van der Waals surface area (Å²) in [5, 5.41) is 0. The number of aromatic nitrogens is 4. The van der Waals surface area contributed by atoms with Gasteiger partial charge in [-0.2, -0.15) is 0 Å². The van der Waals surface area contributed by atoms with Crippen molar-refractivity contribution in [2.24, 2.45) is 0 Å². The largest absolute Gasteiger partial charge is 2.00 e. The monoisotopic (exact) mass is 722 g/mol. The SMILES string of the molecule is COC(=O)C1c2nc1c(-c1ccccc1)c1ccc([n-]1)c(-c1ccccc1)c1nc(c(-c3ccccc3)c3ccc([n-]3)c2-c2ccccc2)C=C1.[Zn+2]. The zero-order chi connectivity index (χ0) is 34.3. The van der Waals surface area contributed by atoms with Crippen LogP contribution in [0.2, 0.25) is 0 Å². The van der Waals surface area contributed by atoms with Gasteiger partial charge in [-0.1, -0.05) is 146 Å². The Balaban J connectivity index is 0.00000387. The fourth-order valence-electron chi connectivity index (χ4n) is 7.11. The molecule has 52 heavy (non-hydrogen) atoms. The van der Waals surface area contributed by atoms with Crippen LogP contribution in [0.25, 0.3) is 78.7 Å². The summed E-state index contributed by atoms with van der Waals surface area (Å²) in [5.74, 6) is -1.16. The third-order valence-electron chi connectivity index (χ3n) is 9.44. The number of carbonyl (C=O) groups is 1. The minimum atomic E-state index is -0.764. The van der Waals surface area contributed by atoms with Crippen LogP contribution in [0.4, 0.5) is 0 Å². The Bertz CT molecular complexity index is 2460. The van der Waals surface area contributed by atoms with E-state index >= 15 is 0 Å². The molecule has 0 unspecified atom stereocenters. The summed E-state index contributed by atoms with van der Waals surface area (Å²) in [4.78, 5) is 34.9. The van der Waals surface area contributed by atoms with Crippen LogP contribution < -0.4 is 9.97 Å². The molecule has 10 rings (SSSR count). The Morgan fingerprint density at radius 3 is 1.15 bits per heavy atom. The number of carbonyl (C=O) groups excluding carboxylic acids is 1. The van der Waals surface area contributed by atoms with E-state index in [4.69, 9.17) is 24.7 Å². The molecule has 3 aliphatic rings. The van der Waals surface area contributed by atoms with Crippen molar-refractivity contribution in [1.29, 1.82) is 0 Å². The molecule has 6 heterocycles. The van der Waals surface area contributed by atoms with Gasteiger partial charge >= 0.3 is 25.4 Å². The van der Waals surface area contributed by atoms with Gasteiger partial charge in [0.25, 0.3) is 0 Å². The zero-order valence-corrected chi connectivity index (χ0v) is 31.4. The van der Waals surface area contributed by atoms with Crippen molar-refractivity contribution >= 4 is 40.2 Å². The molecule has 0 N–H and O–H groups in total. The molecule has 6 nitrogen and oxygen atoms in total. The van der Waals surface area contributed by atoms with E-state index in [1.54, 1.807) is 0 Å². The summed E-state index contributed by atoms with van der Waals surface area (Å²) in [5.41, 5.74) is 12.9. The third-order valence-corrected chi connectivity index (χ3v) is 9.44. The molecular formula is C45H30N4O2Zn. The molecule has 3 aliphatic heterocycles. The average Bonchev–Trinajstić information content (AvgIpc) is 3.96. The van der Waals surface area contributed by atoms with Crippen molar-refractivity contribution in [2.75, 3.05) is 7.11 Å². The number of nitrogens with zero attached hydrogens (tertiary/aromatic N) is 4. The maximum Gasteiger partial charge on any atom is 2.00 e. The molecular weight excluding hydrogens is 694 g/mol. The van der Waals surface area contributed by atoms with Crippen LogP contribution in [0.15, 0.2) is 146 Å². The Kier molecular flexibility index (Phi) is 8.80. The van der Waals surface area contributed by atoms with E-state index in [1.165, 1.54) is 7.11 Å². The number of rotatable bonds is 5. The summed E-state index contributed by atoms with van der Waals surface area (Å²) in [6.07, 6.45) is 4.12. The second-order valence-electron chi connectivity index (χ2n) is 12.4. The number of methoxy groups -OCH3 is 1. The van der Waals surface area contributed by atoms with Crippen molar-refractivity contribution < 1.29 is 29.0 Å². The quantitative estimate of drug-likeness (QED) is 0.130. The van der Waals surface area contributed by atoms with E-state index in [2.05, 4.69) is 36.4 Å². The first-order valence-corrected chi connectivity index (χ1v) is 16.8. The van der Waals surface area contributed by atoms with Gasteiger partial charge in [-0.3, -0.25) is 9.78 Å². The maximum atomic E-state index is 13.9. The standard InChI is InChI=1S/C45H30N4O2.Zn/c1-51-45(50)42-43-40(30-18-10-4-11-19-30)36-26-24-34(47-36)38(28-14-6-2-7-15-28)32-22-23-33(46-32)39(29-16-8-3-9-17-29)35-25-27-37(48-35)41(44(42)49-43)31-20-12-5-13-21-31;/h2-27,42H,1H3;/q-2;+2. The van der Waals surface area contributed by atoms with Crippen LogP contribution in [0.5, 0.6) is 0 Å². The van der Waals surface area contributed by atoms with Gasteiger partial charge in [0.05, 0.1) is 29.9 Å². The molecule has 0 fully saturated rings. The summed E-state index contributed by atoms with van der Waals surface area (Å²) in [7, 11) is 1.42. The number of ether oxygens (including phenoxy) is 1. The average molecular weight is 724 g/mol. The smallest absolute Gasteiger partial charge is 0.657 e. The summed E-state index contributed by atoms with van der Waals surface area (Å²) >= 11 is 0. The summed E-state index contributed by atoms with van der Waals surface area (Å²) in [6, 6.07) is 48.5. The normalized spacial score (nSPS) is 12.1. The molecule has 7 aromatic rings. The van der Waals surface area contributed by atoms with Crippen LogP contribution in [0.1, 0.15) is 28.7 Å². The predicted molar refractivity (Wildman–Crippen MR) is 203 cm³/mol. The zero-order valence-electron chi connectivity index (χ0n) is 28.4. The first kappa shape index (κ1) is 33.0. The van der Waals surface area contributed by atoms with Crippen molar-refractivity contribution in [3.8, 4) is 44.5 Å². The number of hydrogen-bond acceptors (Lipinski definition) is 4. The molecule has 4 aromatic carbocycles. The molecule has 0 saturated carbocycles. The Hall–Kier alpha value is -6.17. The van der Waals surface area contributed by atoms with E-state index < -0.39 is 11.9 Å². The van der Waals surface area contributed by atoms with Crippen molar-refractivity contribution in [3.05, 3.63) is 168 Å². The molecule has 0 aliphatic carbocycles. The molecule has 0 amide bonds. The van der Waals surface area contributed by atoms with Gasteiger partial charge in [0.2, 0.25) is 0 Å². The fourth-order valence-corrected chi connectivity index (χ4v) is 7.11. The van der Waals surface area contributed by atoms with Crippen LogP contribution >= 0.6 is 0 Å². The number of benzene rings is 4. The van der Waals surface area contributed by atoms with Gasteiger partial charge < -0.3 is 14.7 Å². The molecule has 244 valence electrons. The van der Waals surface area contributed by atoms with Gasteiger partial charge in [0.15, 0.2) is 0 Å². The van der Waals surface area contributed by atoms with Crippen molar-refractivity contribution in [2.45, 2.75) is 5.92 Å². The Labute approximate surface area is 313 Å². The fraction of sp³-hybridized carbons (Fsp3) is 0.0444. The van der Waals surface area contributed by atoms with Gasteiger partial charge in [0, 0.05) is 0 Å². The van der Waals surface area contributed by atoms with E-state index in [-0.39, 0.29) is 19.5 Å². The van der Waals surface area contributed by atoms with Gasteiger partial charge in [-0.15, -0.1) is 22.1 Å². The second kappa shape index (κ2) is 13.9. The molecule has 7 heteroatoms. The van der Waals surface area contributed by atoms with Gasteiger partial charge in [-0.05, 0) is 56.7 Å². The third kappa shape index (κ3) is 5.69. The molecule has 3 aromatic heterocycles. The van der Waals surface area contributed by atoms with E-state index in [9.17, 15) is 4.79 Å². The van der Waals surface area contributed by atoms with Crippen LogP contribution in [-0.4, -0.2) is 23.0 Å². The first-order valence-electron chi connectivity index (χ1n) is 16.8. The van der Waals surface area contributed by atoms with Crippen molar-refractivity contribution in [1.82, 2.24) is 19.9 Å². The summed E-state index contributed by atoms with van der Waals surface area (Å²) in [6.45, 7) is 0. The van der Waals surface area contributed by atoms with Crippen LogP contribution in [-0.2, 0) is 29.0 Å². The minimum absolute atomic E-state index is 0. The number of esters is 1. The summed E-state index contributed by atoms with van der Waals surface area (Å²) < 4.78 is 5.48. The molecule has 0 spiro atoms. The number of hydrogen-bond donors (Lipinski definition) is 0. The van der Waals surface area contributed by atoms with Gasteiger partial charge in [0.1, 0.15) is 5.92 Å². The van der Waals surface area contributed by atoms with E-state index in [0.717, 1.165) is 66.9 Å². The maximum absolute atomic E-state index is 13.9. The van der Waals surface area contributed by atoms with Gasteiger partial charge in [-0.25, -0.2) is 4.98 Å². The molecule has 8 bridgehead atoms. The van der Waals surface area contributed by atoms with Crippen LogP contribution in [0.3, 0.4) is 0 Å². The second-order valence-corrected chi connectivity index (χ2v) is 12.4. The van der Waals surface area contributed by atoms with E-state index in [0.29, 0.717) is 22.4 Å². The van der Waals surface area contributed by atoms with E-state index in [1.807, 2.05) is 121 Å². The predicted octanol–water partition coefficient (Wildman–Crippen LogP) is 9.71. The Morgan fingerprint density at radius 2 is 0.808 bits per heavy atom. The molecule has 0 radical (unpaired) electrons. The minimum Gasteiger partial charge on any atom is -0.657 e. The molecule has 0 saturated heterocycles. The Morgan fingerprint density at radius 1 is 0.481 bits per heavy atom.